The second-order valence-corrected chi connectivity index (χ2v) is 7.20. The maximum Gasteiger partial charge on any atom is 0.338 e. The third-order valence-corrected chi connectivity index (χ3v) is 4.81. The van der Waals surface area contributed by atoms with E-state index in [1.807, 2.05) is 54.6 Å². The van der Waals surface area contributed by atoms with Crippen LogP contribution in [0, 0.1) is 11.8 Å². The molecule has 0 aliphatic heterocycles. The van der Waals surface area contributed by atoms with E-state index in [0.29, 0.717) is 30.0 Å². The second-order valence-electron chi connectivity index (χ2n) is 7.20. The number of benzene rings is 2. The number of rotatable bonds is 7. The van der Waals surface area contributed by atoms with Gasteiger partial charge in [-0.1, -0.05) is 63.2 Å². The molecule has 0 amide bonds. The van der Waals surface area contributed by atoms with Crippen molar-refractivity contribution < 1.29 is 9.53 Å². The molecule has 2 aromatic carbocycles. The Morgan fingerprint density at radius 2 is 1.56 bits per heavy atom. The van der Waals surface area contributed by atoms with Gasteiger partial charge in [0.15, 0.2) is 0 Å². The summed E-state index contributed by atoms with van der Waals surface area (Å²) in [4.78, 5) is 14.5. The van der Waals surface area contributed by atoms with Crippen LogP contribution < -0.4 is 0 Å². The molecule has 0 aromatic heterocycles. The average molecular weight is 339 g/mol. The zero-order valence-electron chi connectivity index (χ0n) is 15.9. The third-order valence-electron chi connectivity index (χ3n) is 4.81. The molecule has 0 fully saturated rings. The molecule has 0 radical (unpaired) electrons. The molecule has 25 heavy (non-hydrogen) atoms. The summed E-state index contributed by atoms with van der Waals surface area (Å²) in [6.07, 6.45) is 0. The lowest BCUT2D eigenvalue weighted by molar-refractivity contribution is 0.0472. The van der Waals surface area contributed by atoms with Gasteiger partial charge in [0.25, 0.3) is 0 Å². The molecular formula is C22H29NO2. The van der Waals surface area contributed by atoms with Crippen molar-refractivity contribution in [1.29, 1.82) is 0 Å². The average Bonchev–Trinajstić information content (AvgIpc) is 2.61. The molecule has 0 heterocycles. The van der Waals surface area contributed by atoms with Gasteiger partial charge in [0.05, 0.1) is 5.56 Å². The van der Waals surface area contributed by atoms with Gasteiger partial charge >= 0.3 is 5.97 Å². The number of hydrogen-bond donors (Lipinski definition) is 0. The van der Waals surface area contributed by atoms with E-state index in [0.717, 1.165) is 5.56 Å². The van der Waals surface area contributed by atoms with Gasteiger partial charge in [-0.2, -0.15) is 0 Å². The molecule has 0 unspecified atom stereocenters. The van der Waals surface area contributed by atoms with Crippen molar-refractivity contribution in [2.75, 3.05) is 14.1 Å². The summed E-state index contributed by atoms with van der Waals surface area (Å²) in [5, 5.41) is 0. The second kappa shape index (κ2) is 8.82. The molecule has 3 nitrogen and oxygen atoms in total. The van der Waals surface area contributed by atoms with Crippen molar-refractivity contribution >= 4 is 5.97 Å². The van der Waals surface area contributed by atoms with Crippen LogP contribution in [0.2, 0.25) is 0 Å². The molecule has 0 aliphatic rings. The predicted octanol–water partition coefficient (Wildman–Crippen LogP) is 4.94. The molecule has 0 spiro atoms. The fourth-order valence-electron chi connectivity index (χ4n) is 3.06. The van der Waals surface area contributed by atoms with E-state index in [1.54, 1.807) is 0 Å². The van der Waals surface area contributed by atoms with E-state index in [4.69, 9.17) is 4.74 Å². The quantitative estimate of drug-likeness (QED) is 0.669. The smallest absolute Gasteiger partial charge is 0.338 e. The Labute approximate surface area is 151 Å². The molecule has 3 heteroatoms. The number of carbonyl (C=O) groups excluding carboxylic acids is 1. The lowest BCUT2D eigenvalue weighted by Crippen LogP contribution is -2.28. The maximum absolute atomic E-state index is 12.2. The van der Waals surface area contributed by atoms with E-state index >= 15 is 0 Å². The van der Waals surface area contributed by atoms with Gasteiger partial charge in [-0.25, -0.2) is 4.79 Å². The van der Waals surface area contributed by atoms with Crippen LogP contribution >= 0.6 is 0 Å². The molecule has 0 saturated carbocycles. The minimum Gasteiger partial charge on any atom is -0.457 e. The van der Waals surface area contributed by atoms with Crippen LogP contribution in [-0.2, 0) is 11.3 Å². The normalized spacial score (nSPS) is 13.7. The van der Waals surface area contributed by atoms with E-state index in [-0.39, 0.29) is 5.97 Å². The zero-order valence-corrected chi connectivity index (χ0v) is 15.9. The SMILES string of the molecule is CC(C)[C@@H](C)[C@H](c1ccc(C(=O)OCc2ccccc2)cc1)N(C)C. The number of nitrogens with zero attached hydrogens (tertiary/aromatic N) is 1. The van der Waals surface area contributed by atoms with Gasteiger partial charge < -0.3 is 9.64 Å². The van der Waals surface area contributed by atoms with Gasteiger partial charge in [-0.3, -0.25) is 0 Å². The first kappa shape index (κ1) is 19.2. The summed E-state index contributed by atoms with van der Waals surface area (Å²) in [5.74, 6) is 0.822. The topological polar surface area (TPSA) is 29.5 Å². The van der Waals surface area contributed by atoms with Crippen LogP contribution in [-0.4, -0.2) is 25.0 Å². The lowest BCUT2D eigenvalue weighted by atomic mass is 9.85. The summed E-state index contributed by atoms with van der Waals surface area (Å²) in [7, 11) is 4.21. The Bertz CT molecular complexity index is 662. The standard InChI is InChI=1S/C22H29NO2/c1-16(2)17(3)21(23(4)5)19-11-13-20(14-12-19)22(24)25-15-18-9-7-6-8-10-18/h6-14,16-17,21H,15H2,1-5H3/t17-,21-/m1/s1. The number of hydrogen-bond acceptors (Lipinski definition) is 3. The van der Waals surface area contributed by atoms with Gasteiger partial charge in [0.2, 0.25) is 0 Å². The van der Waals surface area contributed by atoms with Crippen molar-refractivity contribution in [1.82, 2.24) is 4.90 Å². The zero-order chi connectivity index (χ0) is 18.4. The lowest BCUT2D eigenvalue weighted by Gasteiger charge is -2.33. The highest BCUT2D eigenvalue weighted by Crippen LogP contribution is 2.31. The maximum atomic E-state index is 12.2. The Morgan fingerprint density at radius 3 is 2.08 bits per heavy atom. The summed E-state index contributed by atoms with van der Waals surface area (Å²) in [6, 6.07) is 17.9. The Balaban J connectivity index is 2.06. The van der Waals surface area contributed by atoms with Crippen molar-refractivity contribution in [2.24, 2.45) is 11.8 Å². The van der Waals surface area contributed by atoms with Crippen LogP contribution in [0.3, 0.4) is 0 Å². The Kier molecular flexibility index (Phi) is 6.77. The van der Waals surface area contributed by atoms with Crippen LogP contribution in [0.15, 0.2) is 54.6 Å². The van der Waals surface area contributed by atoms with E-state index < -0.39 is 0 Å². The highest BCUT2D eigenvalue weighted by molar-refractivity contribution is 5.89. The highest BCUT2D eigenvalue weighted by atomic mass is 16.5. The molecule has 2 rings (SSSR count). The number of esters is 1. The predicted molar refractivity (Wildman–Crippen MR) is 102 cm³/mol. The first-order chi connectivity index (χ1) is 11.9. The minimum absolute atomic E-state index is 0.284. The fraction of sp³-hybridized carbons (Fsp3) is 0.409. The molecule has 0 aliphatic carbocycles. The number of carbonyl (C=O) groups is 1. The molecule has 0 bridgehead atoms. The van der Waals surface area contributed by atoms with Crippen LogP contribution in [0.5, 0.6) is 0 Å². The summed E-state index contributed by atoms with van der Waals surface area (Å²) < 4.78 is 5.40. The highest BCUT2D eigenvalue weighted by Gasteiger charge is 2.24. The number of ether oxygens (including phenoxy) is 1. The first-order valence-electron chi connectivity index (χ1n) is 8.87. The van der Waals surface area contributed by atoms with Crippen LogP contribution in [0.4, 0.5) is 0 Å². The molecule has 134 valence electrons. The molecule has 2 atom stereocenters. The first-order valence-corrected chi connectivity index (χ1v) is 8.87. The van der Waals surface area contributed by atoms with Crippen LogP contribution in [0.1, 0.15) is 48.3 Å². The van der Waals surface area contributed by atoms with E-state index in [2.05, 4.69) is 39.8 Å². The summed E-state index contributed by atoms with van der Waals surface area (Å²) >= 11 is 0. The Morgan fingerprint density at radius 1 is 0.960 bits per heavy atom. The molecular weight excluding hydrogens is 310 g/mol. The minimum atomic E-state index is -0.284. The van der Waals surface area contributed by atoms with Crippen molar-refractivity contribution in [3.05, 3.63) is 71.3 Å². The molecule has 0 N–H and O–H groups in total. The van der Waals surface area contributed by atoms with Crippen molar-refractivity contribution in [2.45, 2.75) is 33.4 Å². The van der Waals surface area contributed by atoms with Gasteiger partial charge in [0.1, 0.15) is 6.61 Å². The van der Waals surface area contributed by atoms with E-state index in [9.17, 15) is 4.79 Å². The summed E-state index contributed by atoms with van der Waals surface area (Å²) in [5.41, 5.74) is 2.81. The third kappa shape index (κ3) is 5.17. The largest absolute Gasteiger partial charge is 0.457 e. The van der Waals surface area contributed by atoms with Crippen molar-refractivity contribution in [3.63, 3.8) is 0 Å². The summed E-state index contributed by atoms with van der Waals surface area (Å²) in [6.45, 7) is 7.07. The Hall–Kier alpha value is -2.13. The molecule has 2 aromatic rings. The van der Waals surface area contributed by atoms with E-state index in [1.165, 1.54) is 5.56 Å². The van der Waals surface area contributed by atoms with Gasteiger partial charge in [0, 0.05) is 6.04 Å². The molecule has 0 saturated heterocycles. The van der Waals surface area contributed by atoms with Gasteiger partial charge in [-0.15, -0.1) is 0 Å². The fourth-order valence-corrected chi connectivity index (χ4v) is 3.06. The monoisotopic (exact) mass is 339 g/mol. The van der Waals surface area contributed by atoms with Gasteiger partial charge in [-0.05, 0) is 49.2 Å². The van der Waals surface area contributed by atoms with Crippen molar-refractivity contribution in [3.8, 4) is 0 Å². The van der Waals surface area contributed by atoms with Crippen LogP contribution in [0.25, 0.3) is 0 Å².